The molecule has 138 valence electrons. The van der Waals surface area contributed by atoms with Crippen molar-refractivity contribution in [3.05, 3.63) is 65.7 Å². The summed E-state index contributed by atoms with van der Waals surface area (Å²) in [6.45, 7) is -2.85. The van der Waals surface area contributed by atoms with Gasteiger partial charge in [0.25, 0.3) is 0 Å². The fraction of sp³-hybridized carbons (Fsp3) is 0.167. The lowest BCUT2D eigenvalue weighted by molar-refractivity contribution is -0.0498. The van der Waals surface area contributed by atoms with Crippen LogP contribution in [0.1, 0.15) is 17.2 Å². The average Bonchev–Trinajstić information content (AvgIpc) is 3.16. The van der Waals surface area contributed by atoms with Gasteiger partial charge in [-0.05, 0) is 64.0 Å². The highest BCUT2D eigenvalue weighted by atomic mass is 19.3. The topological polar surface area (TPSA) is 74.1 Å². The molecule has 1 atom stereocenters. The van der Waals surface area contributed by atoms with Crippen LogP contribution in [0.15, 0.2) is 54.6 Å². The molecule has 2 heterocycles. The number of alkyl halides is 2. The fourth-order valence-corrected chi connectivity index (χ4v) is 2.88. The number of hydrogen-bond acceptors (Lipinski definition) is 6. The number of tetrazole rings is 1. The molecule has 1 aliphatic heterocycles. The third-order valence-electron chi connectivity index (χ3n) is 4.18. The molecule has 9 heteroatoms. The normalized spacial score (nSPS) is 15.7. The Kier molecular flexibility index (Phi) is 4.41. The van der Waals surface area contributed by atoms with Crippen LogP contribution >= 0.6 is 0 Å². The molecule has 7 nitrogen and oxygen atoms in total. The highest BCUT2D eigenvalue weighted by Crippen LogP contribution is 2.32. The second kappa shape index (κ2) is 7.02. The Morgan fingerprint density at radius 1 is 1.04 bits per heavy atom. The molecule has 2 aromatic carbocycles. The van der Waals surface area contributed by atoms with Crippen molar-refractivity contribution in [1.29, 1.82) is 0 Å². The third kappa shape index (κ3) is 3.43. The number of methoxy groups -OCH3 is 1. The van der Waals surface area contributed by atoms with E-state index in [1.807, 2.05) is 30.3 Å². The van der Waals surface area contributed by atoms with Gasteiger partial charge in [-0.3, -0.25) is 0 Å². The van der Waals surface area contributed by atoms with E-state index in [1.54, 1.807) is 23.9 Å². The Bertz CT molecular complexity index is 955. The number of nitrogens with zero attached hydrogens (tertiary/aromatic N) is 4. The van der Waals surface area contributed by atoms with Crippen LogP contribution in [0.3, 0.4) is 0 Å². The number of nitrogens with one attached hydrogen (secondary N) is 1. The first-order valence-electron chi connectivity index (χ1n) is 8.10. The Morgan fingerprint density at radius 3 is 2.41 bits per heavy atom. The van der Waals surface area contributed by atoms with Crippen LogP contribution in [0.4, 0.5) is 14.7 Å². The van der Waals surface area contributed by atoms with E-state index in [1.165, 1.54) is 12.1 Å². The highest BCUT2D eigenvalue weighted by Gasteiger charge is 2.24. The molecule has 0 bridgehead atoms. The molecule has 1 aromatic heterocycles. The number of benzene rings is 2. The number of anilines is 1. The van der Waals surface area contributed by atoms with Gasteiger partial charge in [-0.1, -0.05) is 17.2 Å². The third-order valence-corrected chi connectivity index (χ3v) is 4.18. The van der Waals surface area contributed by atoms with E-state index in [2.05, 4.69) is 25.6 Å². The average molecular weight is 371 g/mol. The molecule has 4 rings (SSSR count). The first kappa shape index (κ1) is 17.0. The van der Waals surface area contributed by atoms with Gasteiger partial charge in [0, 0.05) is 5.70 Å². The molecule has 0 amide bonds. The fourth-order valence-electron chi connectivity index (χ4n) is 2.88. The van der Waals surface area contributed by atoms with Gasteiger partial charge < -0.3 is 14.8 Å². The summed E-state index contributed by atoms with van der Waals surface area (Å²) in [6, 6.07) is 13.8. The lowest BCUT2D eigenvalue weighted by Gasteiger charge is -2.23. The largest absolute Gasteiger partial charge is 0.497 e. The molecular formula is C18H15F2N5O2. The molecule has 0 radical (unpaired) electrons. The first-order chi connectivity index (χ1) is 13.1. The number of halogens is 2. The molecule has 0 saturated carbocycles. The van der Waals surface area contributed by atoms with E-state index in [-0.39, 0.29) is 11.8 Å². The Balaban J connectivity index is 1.67. The first-order valence-corrected chi connectivity index (χ1v) is 8.10. The number of aromatic nitrogens is 4. The van der Waals surface area contributed by atoms with Crippen LogP contribution < -0.4 is 14.8 Å². The zero-order valence-electron chi connectivity index (χ0n) is 14.2. The Labute approximate surface area is 153 Å². The van der Waals surface area contributed by atoms with Gasteiger partial charge in [-0.25, -0.2) is 0 Å². The van der Waals surface area contributed by atoms with Crippen LogP contribution in [0.2, 0.25) is 0 Å². The van der Waals surface area contributed by atoms with Crippen LogP contribution in [0, 0.1) is 0 Å². The molecule has 27 heavy (non-hydrogen) atoms. The van der Waals surface area contributed by atoms with Crippen molar-refractivity contribution in [2.24, 2.45) is 0 Å². The number of ether oxygens (including phenoxy) is 2. The minimum Gasteiger partial charge on any atom is -0.497 e. The highest BCUT2D eigenvalue weighted by molar-refractivity contribution is 5.77. The molecule has 0 fully saturated rings. The number of allylic oxidation sites excluding steroid dienone is 1. The molecule has 3 aromatic rings. The van der Waals surface area contributed by atoms with Gasteiger partial charge in [-0.15, -0.1) is 0 Å². The maximum atomic E-state index is 12.3. The van der Waals surface area contributed by atoms with Crippen LogP contribution in [0.5, 0.6) is 11.5 Å². The SMILES string of the molecule is COc1ccc([C@H]2C=C(c3ccc(OC(F)F)cc3)Nc3nnnn32)cc1. The summed E-state index contributed by atoms with van der Waals surface area (Å²) >= 11 is 0. The van der Waals surface area contributed by atoms with E-state index in [9.17, 15) is 8.78 Å². The summed E-state index contributed by atoms with van der Waals surface area (Å²) in [5.41, 5.74) is 2.53. The van der Waals surface area contributed by atoms with E-state index >= 15 is 0 Å². The number of hydrogen-bond donors (Lipinski definition) is 1. The summed E-state index contributed by atoms with van der Waals surface area (Å²) in [5.74, 6) is 1.34. The lowest BCUT2D eigenvalue weighted by atomic mass is 10.0. The Hall–Kier alpha value is -3.49. The smallest absolute Gasteiger partial charge is 0.387 e. The number of fused-ring (bicyclic) bond motifs is 1. The van der Waals surface area contributed by atoms with Crippen LogP contribution in [-0.4, -0.2) is 33.9 Å². The van der Waals surface area contributed by atoms with Gasteiger partial charge >= 0.3 is 6.61 Å². The van der Waals surface area contributed by atoms with E-state index < -0.39 is 6.61 Å². The van der Waals surface area contributed by atoms with Crippen molar-refractivity contribution in [2.45, 2.75) is 12.7 Å². The summed E-state index contributed by atoms with van der Waals surface area (Å²) in [5, 5.41) is 14.9. The molecular weight excluding hydrogens is 356 g/mol. The Morgan fingerprint density at radius 2 is 1.74 bits per heavy atom. The summed E-state index contributed by atoms with van der Waals surface area (Å²) in [6.07, 6.45) is 1.97. The molecule has 1 N–H and O–H groups in total. The second-order valence-corrected chi connectivity index (χ2v) is 5.77. The van der Waals surface area contributed by atoms with Crippen molar-refractivity contribution in [2.75, 3.05) is 12.4 Å². The minimum absolute atomic E-state index is 0.0988. The van der Waals surface area contributed by atoms with Gasteiger partial charge in [0.2, 0.25) is 5.95 Å². The summed E-state index contributed by atoms with van der Waals surface area (Å²) < 4.78 is 35.9. The molecule has 0 spiro atoms. The van der Waals surface area contributed by atoms with Crippen molar-refractivity contribution >= 4 is 11.6 Å². The van der Waals surface area contributed by atoms with E-state index in [0.717, 1.165) is 22.6 Å². The maximum absolute atomic E-state index is 12.3. The van der Waals surface area contributed by atoms with Crippen molar-refractivity contribution < 1.29 is 18.3 Å². The predicted molar refractivity (Wildman–Crippen MR) is 93.6 cm³/mol. The summed E-state index contributed by atoms with van der Waals surface area (Å²) in [4.78, 5) is 0. The van der Waals surface area contributed by atoms with E-state index in [0.29, 0.717) is 5.95 Å². The molecule has 0 aliphatic carbocycles. The zero-order chi connectivity index (χ0) is 18.8. The maximum Gasteiger partial charge on any atom is 0.387 e. The monoisotopic (exact) mass is 371 g/mol. The number of rotatable bonds is 5. The predicted octanol–water partition coefficient (Wildman–Crippen LogP) is 3.34. The van der Waals surface area contributed by atoms with Gasteiger partial charge in [0.05, 0.1) is 7.11 Å². The van der Waals surface area contributed by atoms with Gasteiger partial charge in [0.1, 0.15) is 17.5 Å². The van der Waals surface area contributed by atoms with Crippen LogP contribution in [0.25, 0.3) is 5.70 Å². The van der Waals surface area contributed by atoms with Gasteiger partial charge in [0.15, 0.2) is 0 Å². The standard InChI is InChI=1S/C18H15F2N5O2/c1-26-13-6-4-12(5-7-13)16-10-15(21-18-22-23-24-25(16)18)11-2-8-14(9-3-11)27-17(19)20/h2-10,16-17H,1H3,(H,21,22,24)/t16-/m1/s1. The second-order valence-electron chi connectivity index (χ2n) is 5.77. The quantitative estimate of drug-likeness (QED) is 0.742. The van der Waals surface area contributed by atoms with Crippen molar-refractivity contribution in [1.82, 2.24) is 20.2 Å². The van der Waals surface area contributed by atoms with Crippen molar-refractivity contribution in [3.8, 4) is 11.5 Å². The van der Waals surface area contributed by atoms with Crippen LogP contribution in [-0.2, 0) is 0 Å². The molecule has 1 aliphatic rings. The van der Waals surface area contributed by atoms with Gasteiger partial charge in [-0.2, -0.15) is 13.5 Å². The molecule has 0 saturated heterocycles. The zero-order valence-corrected chi connectivity index (χ0v) is 14.2. The summed E-state index contributed by atoms with van der Waals surface area (Å²) in [7, 11) is 1.61. The van der Waals surface area contributed by atoms with E-state index in [4.69, 9.17) is 4.74 Å². The molecule has 0 unspecified atom stereocenters. The lowest BCUT2D eigenvalue weighted by Crippen LogP contribution is -2.20. The van der Waals surface area contributed by atoms with Crippen molar-refractivity contribution in [3.63, 3.8) is 0 Å². The minimum atomic E-state index is -2.85.